The number of aromatic nitrogens is 4. The van der Waals surface area contributed by atoms with E-state index in [1.54, 1.807) is 11.6 Å². The molecule has 1 unspecified atom stereocenters. The molecule has 0 bridgehead atoms. The minimum Gasteiger partial charge on any atom is -0.369 e. The number of nitrogens with two attached hydrogens (primary N) is 1. The molecule has 2 rings (SSSR count). The second kappa shape index (κ2) is 5.04. The fourth-order valence-electron chi connectivity index (χ4n) is 1.58. The average molecular weight is 281 g/mol. The fourth-order valence-corrected chi connectivity index (χ4v) is 2.32. The molecule has 0 spiro atoms. The van der Waals surface area contributed by atoms with Crippen molar-refractivity contribution in [3.05, 3.63) is 16.6 Å². The number of fused-ring (bicyclic) bond motifs is 1. The summed E-state index contributed by atoms with van der Waals surface area (Å²) < 4.78 is 1.67. The molecule has 0 aliphatic rings. The Morgan fingerprint density at radius 3 is 2.74 bits per heavy atom. The molecular weight excluding hydrogens is 266 g/mol. The lowest BCUT2D eigenvalue weighted by Gasteiger charge is -2.08. The Morgan fingerprint density at radius 2 is 2.16 bits per heavy atom. The largest absolute Gasteiger partial charge is 0.369 e. The van der Waals surface area contributed by atoms with E-state index in [9.17, 15) is 9.59 Å². The molecule has 0 aromatic carbocycles. The van der Waals surface area contributed by atoms with Gasteiger partial charge in [0.1, 0.15) is 5.39 Å². The number of nitrogens with zero attached hydrogens (tertiary/aromatic N) is 3. The lowest BCUT2D eigenvalue weighted by molar-refractivity contribution is -0.117. The molecule has 1 atom stereocenters. The van der Waals surface area contributed by atoms with Crippen molar-refractivity contribution in [3.8, 4) is 0 Å². The smallest absolute Gasteiger partial charge is 0.262 e. The van der Waals surface area contributed by atoms with E-state index < -0.39 is 11.2 Å². The van der Waals surface area contributed by atoms with Gasteiger partial charge in [-0.25, -0.2) is 9.67 Å². The van der Waals surface area contributed by atoms with Gasteiger partial charge in [0.2, 0.25) is 5.91 Å². The third kappa shape index (κ3) is 2.62. The van der Waals surface area contributed by atoms with Gasteiger partial charge in [0.25, 0.3) is 5.56 Å². The Morgan fingerprint density at radius 1 is 1.47 bits per heavy atom. The highest BCUT2D eigenvalue weighted by molar-refractivity contribution is 8.00. The highest BCUT2D eigenvalue weighted by Crippen LogP contribution is 2.20. The Kier molecular flexibility index (Phi) is 3.61. The van der Waals surface area contributed by atoms with E-state index in [1.807, 2.05) is 13.8 Å². The number of carbonyl (C=O) groups is 1. The SMILES string of the molecule is CC(Sc1nc2c(cnn2C(C)C)c(=O)[nH]1)C(N)=O. The van der Waals surface area contributed by atoms with Crippen LogP contribution in [0.3, 0.4) is 0 Å². The maximum atomic E-state index is 11.9. The van der Waals surface area contributed by atoms with Crippen molar-refractivity contribution in [2.24, 2.45) is 5.73 Å². The summed E-state index contributed by atoms with van der Waals surface area (Å²) in [6.07, 6.45) is 1.49. The second-order valence-electron chi connectivity index (χ2n) is 4.45. The number of hydrogen-bond donors (Lipinski definition) is 2. The predicted octanol–water partition coefficient (Wildman–Crippen LogP) is 0.666. The normalized spacial score (nSPS) is 13.1. The molecule has 0 fully saturated rings. The molecular formula is C11H15N5O2S. The van der Waals surface area contributed by atoms with Crippen LogP contribution >= 0.6 is 11.8 Å². The molecule has 1 amide bonds. The van der Waals surface area contributed by atoms with Gasteiger partial charge in [0, 0.05) is 6.04 Å². The van der Waals surface area contributed by atoms with Crippen LogP contribution in [0, 0.1) is 0 Å². The standard InChI is InChI=1S/C11H15N5O2S/c1-5(2)16-9-7(4-13-16)10(18)15-11(14-9)19-6(3)8(12)17/h4-6H,1-3H3,(H2,12,17)(H,14,15,18). The van der Waals surface area contributed by atoms with Gasteiger partial charge in [0.15, 0.2) is 10.8 Å². The van der Waals surface area contributed by atoms with Gasteiger partial charge in [0.05, 0.1) is 11.4 Å². The van der Waals surface area contributed by atoms with Crippen LogP contribution in [-0.4, -0.2) is 30.9 Å². The molecule has 2 aromatic rings. The van der Waals surface area contributed by atoms with Gasteiger partial charge in [-0.15, -0.1) is 0 Å². The Labute approximate surface area is 113 Å². The van der Waals surface area contributed by atoms with E-state index in [1.165, 1.54) is 6.20 Å². The number of nitrogens with one attached hydrogen (secondary N) is 1. The van der Waals surface area contributed by atoms with Crippen molar-refractivity contribution in [2.75, 3.05) is 0 Å². The summed E-state index contributed by atoms with van der Waals surface area (Å²) in [4.78, 5) is 29.9. The molecule has 3 N–H and O–H groups in total. The fraction of sp³-hybridized carbons (Fsp3) is 0.455. The van der Waals surface area contributed by atoms with Crippen LogP contribution in [0.4, 0.5) is 0 Å². The van der Waals surface area contributed by atoms with Crippen LogP contribution in [0.5, 0.6) is 0 Å². The molecule has 0 radical (unpaired) electrons. The van der Waals surface area contributed by atoms with E-state index in [0.717, 1.165) is 11.8 Å². The molecule has 2 heterocycles. The van der Waals surface area contributed by atoms with E-state index in [4.69, 9.17) is 5.73 Å². The van der Waals surface area contributed by atoms with Crippen LogP contribution in [0.1, 0.15) is 26.8 Å². The first-order valence-corrected chi connectivity index (χ1v) is 6.71. The highest BCUT2D eigenvalue weighted by Gasteiger charge is 2.16. The number of carbonyl (C=O) groups excluding carboxylic acids is 1. The minimum absolute atomic E-state index is 0.0956. The average Bonchev–Trinajstić information content (AvgIpc) is 2.72. The van der Waals surface area contributed by atoms with Crippen molar-refractivity contribution in [1.29, 1.82) is 0 Å². The molecule has 2 aromatic heterocycles. The first kappa shape index (κ1) is 13.6. The molecule has 8 heteroatoms. The van der Waals surface area contributed by atoms with Crippen LogP contribution in [0.2, 0.25) is 0 Å². The van der Waals surface area contributed by atoms with E-state index in [-0.39, 0.29) is 11.6 Å². The summed E-state index contributed by atoms with van der Waals surface area (Å²) in [7, 11) is 0. The zero-order valence-electron chi connectivity index (χ0n) is 10.9. The molecule has 0 aliphatic carbocycles. The lowest BCUT2D eigenvalue weighted by atomic mass is 10.4. The van der Waals surface area contributed by atoms with E-state index in [0.29, 0.717) is 16.2 Å². The topological polar surface area (TPSA) is 107 Å². The van der Waals surface area contributed by atoms with E-state index in [2.05, 4.69) is 15.1 Å². The molecule has 102 valence electrons. The highest BCUT2D eigenvalue weighted by atomic mass is 32.2. The quantitative estimate of drug-likeness (QED) is 0.632. The molecule has 19 heavy (non-hydrogen) atoms. The number of H-pyrrole nitrogens is 1. The van der Waals surface area contributed by atoms with Gasteiger partial charge in [-0.2, -0.15) is 5.10 Å². The van der Waals surface area contributed by atoms with E-state index >= 15 is 0 Å². The summed E-state index contributed by atoms with van der Waals surface area (Å²) in [6, 6.07) is 0.0956. The van der Waals surface area contributed by atoms with Crippen molar-refractivity contribution < 1.29 is 4.79 Å². The van der Waals surface area contributed by atoms with Crippen LogP contribution < -0.4 is 11.3 Å². The summed E-state index contributed by atoms with van der Waals surface area (Å²) >= 11 is 1.12. The maximum Gasteiger partial charge on any atom is 0.262 e. The molecule has 0 aliphatic heterocycles. The monoisotopic (exact) mass is 281 g/mol. The maximum absolute atomic E-state index is 11.9. The number of hydrogen-bond acceptors (Lipinski definition) is 5. The first-order valence-electron chi connectivity index (χ1n) is 5.83. The molecule has 0 saturated heterocycles. The van der Waals surface area contributed by atoms with Crippen molar-refractivity contribution >= 4 is 28.7 Å². The van der Waals surface area contributed by atoms with Crippen LogP contribution in [-0.2, 0) is 4.79 Å². The summed E-state index contributed by atoms with van der Waals surface area (Å²) in [5.41, 5.74) is 5.44. The number of primary amides is 1. The first-order chi connectivity index (χ1) is 8.90. The Hall–Kier alpha value is -1.83. The number of aromatic amines is 1. The van der Waals surface area contributed by atoms with Crippen molar-refractivity contribution in [3.63, 3.8) is 0 Å². The Bertz CT molecular complexity index is 675. The second-order valence-corrected chi connectivity index (χ2v) is 5.78. The van der Waals surface area contributed by atoms with Crippen LogP contribution in [0.25, 0.3) is 11.0 Å². The minimum atomic E-state index is -0.462. The van der Waals surface area contributed by atoms with Gasteiger partial charge in [-0.05, 0) is 20.8 Å². The van der Waals surface area contributed by atoms with Crippen LogP contribution in [0.15, 0.2) is 16.1 Å². The van der Waals surface area contributed by atoms with Crippen molar-refractivity contribution in [1.82, 2.24) is 19.7 Å². The lowest BCUT2D eigenvalue weighted by Crippen LogP contribution is -2.23. The van der Waals surface area contributed by atoms with Crippen molar-refractivity contribution in [2.45, 2.75) is 37.2 Å². The third-order valence-electron chi connectivity index (χ3n) is 2.62. The summed E-state index contributed by atoms with van der Waals surface area (Å²) in [6.45, 7) is 5.57. The van der Waals surface area contributed by atoms with Gasteiger partial charge < -0.3 is 10.7 Å². The zero-order valence-corrected chi connectivity index (χ0v) is 11.7. The molecule has 0 saturated carbocycles. The number of thioether (sulfide) groups is 1. The van der Waals surface area contributed by atoms with Gasteiger partial charge >= 0.3 is 0 Å². The summed E-state index contributed by atoms with van der Waals surface area (Å²) in [5, 5.41) is 4.48. The molecule has 7 nitrogen and oxygen atoms in total. The zero-order chi connectivity index (χ0) is 14.2. The predicted molar refractivity (Wildman–Crippen MR) is 73.0 cm³/mol. The third-order valence-corrected chi connectivity index (χ3v) is 3.62. The van der Waals surface area contributed by atoms with Gasteiger partial charge in [-0.1, -0.05) is 11.8 Å². The summed E-state index contributed by atoms with van der Waals surface area (Å²) in [5.74, 6) is -0.454. The number of amides is 1. The Balaban J connectivity index is 2.50. The number of rotatable bonds is 4. The van der Waals surface area contributed by atoms with Gasteiger partial charge in [-0.3, -0.25) is 9.59 Å².